The zero-order chi connectivity index (χ0) is 23.7. The van der Waals surface area contributed by atoms with Gasteiger partial charge in [-0.1, -0.05) is 0 Å². The van der Waals surface area contributed by atoms with Crippen LogP contribution in [-0.2, 0) is 10.0 Å². The molecular weight excluding hydrogens is 444 g/mol. The lowest BCUT2D eigenvalue weighted by Crippen LogP contribution is -2.32. The number of sulfonamides is 1. The van der Waals surface area contributed by atoms with E-state index in [0.717, 1.165) is 29.9 Å². The Bertz CT molecular complexity index is 1100. The van der Waals surface area contributed by atoms with E-state index in [-0.39, 0.29) is 6.61 Å². The normalized spacial score (nSPS) is 12.3. The van der Waals surface area contributed by atoms with E-state index in [2.05, 4.69) is 15.0 Å². The number of rotatable bonds is 13. The van der Waals surface area contributed by atoms with Crippen LogP contribution in [0.15, 0.2) is 60.9 Å². The van der Waals surface area contributed by atoms with Crippen LogP contribution in [0.2, 0.25) is 0 Å². The highest BCUT2D eigenvalue weighted by Crippen LogP contribution is 2.17. The summed E-state index contributed by atoms with van der Waals surface area (Å²) in [5.41, 5.74) is 1.50. The van der Waals surface area contributed by atoms with E-state index in [4.69, 9.17) is 9.47 Å². The predicted molar refractivity (Wildman–Crippen MR) is 128 cm³/mol. The van der Waals surface area contributed by atoms with E-state index < -0.39 is 16.1 Å². The molecule has 10 heteroatoms. The van der Waals surface area contributed by atoms with Gasteiger partial charge >= 0.3 is 0 Å². The summed E-state index contributed by atoms with van der Waals surface area (Å²) >= 11 is 0. The molecular formula is C23H30N4O5S. The SMILES string of the molecule is Cc1nccn1-c1ccc(OCCCNCC(O)COc2ccc(NS(C)(=O)=O)cc2)cc1. The van der Waals surface area contributed by atoms with Gasteiger partial charge in [0, 0.05) is 30.3 Å². The number of hydrogen-bond acceptors (Lipinski definition) is 7. The third-order valence-electron chi connectivity index (χ3n) is 4.69. The van der Waals surface area contributed by atoms with Gasteiger partial charge in [-0.15, -0.1) is 0 Å². The first-order chi connectivity index (χ1) is 15.8. The van der Waals surface area contributed by atoms with E-state index in [1.807, 2.05) is 42.0 Å². The Morgan fingerprint density at radius 2 is 1.73 bits per heavy atom. The van der Waals surface area contributed by atoms with Gasteiger partial charge in [0.15, 0.2) is 0 Å². The maximum Gasteiger partial charge on any atom is 0.229 e. The molecule has 0 saturated heterocycles. The molecule has 178 valence electrons. The number of imidazole rings is 1. The molecule has 0 fully saturated rings. The van der Waals surface area contributed by atoms with Crippen LogP contribution in [0.1, 0.15) is 12.2 Å². The van der Waals surface area contributed by atoms with E-state index in [1.165, 1.54) is 0 Å². The largest absolute Gasteiger partial charge is 0.494 e. The van der Waals surface area contributed by atoms with Crippen LogP contribution in [0.3, 0.4) is 0 Å². The first-order valence-electron chi connectivity index (χ1n) is 10.6. The summed E-state index contributed by atoms with van der Waals surface area (Å²) in [7, 11) is -3.31. The Hall–Kier alpha value is -3.08. The number of anilines is 1. The lowest BCUT2D eigenvalue weighted by molar-refractivity contribution is 0.106. The zero-order valence-corrected chi connectivity index (χ0v) is 19.6. The second-order valence-corrected chi connectivity index (χ2v) is 9.36. The quantitative estimate of drug-likeness (QED) is 0.326. The molecule has 0 aliphatic heterocycles. The van der Waals surface area contributed by atoms with Crippen molar-refractivity contribution in [2.45, 2.75) is 19.4 Å². The molecule has 1 atom stereocenters. The number of hydrogen-bond donors (Lipinski definition) is 3. The molecule has 0 aliphatic carbocycles. The molecule has 1 heterocycles. The lowest BCUT2D eigenvalue weighted by Gasteiger charge is -2.14. The Morgan fingerprint density at radius 1 is 1.06 bits per heavy atom. The molecule has 1 aromatic heterocycles. The summed E-state index contributed by atoms with van der Waals surface area (Å²) in [5, 5.41) is 13.2. The minimum absolute atomic E-state index is 0.130. The summed E-state index contributed by atoms with van der Waals surface area (Å²) < 4.78 is 38.1. The fraction of sp³-hybridized carbons (Fsp3) is 0.348. The maximum atomic E-state index is 11.2. The average Bonchev–Trinajstić information content (AvgIpc) is 3.21. The minimum atomic E-state index is -3.31. The van der Waals surface area contributed by atoms with Crippen LogP contribution in [0.4, 0.5) is 5.69 Å². The van der Waals surface area contributed by atoms with E-state index >= 15 is 0 Å². The molecule has 0 spiro atoms. The van der Waals surface area contributed by atoms with Crippen LogP contribution in [0, 0.1) is 6.92 Å². The van der Waals surface area contributed by atoms with Crippen molar-refractivity contribution in [2.24, 2.45) is 0 Å². The average molecular weight is 475 g/mol. The van der Waals surface area contributed by atoms with E-state index in [1.54, 1.807) is 30.5 Å². The van der Waals surface area contributed by atoms with Crippen molar-refractivity contribution in [3.8, 4) is 17.2 Å². The van der Waals surface area contributed by atoms with Gasteiger partial charge in [-0.25, -0.2) is 13.4 Å². The van der Waals surface area contributed by atoms with Gasteiger partial charge < -0.3 is 24.5 Å². The van der Waals surface area contributed by atoms with Crippen molar-refractivity contribution >= 4 is 15.7 Å². The number of aliphatic hydroxyl groups excluding tert-OH is 1. The number of aliphatic hydroxyl groups is 1. The minimum Gasteiger partial charge on any atom is -0.494 e. The molecule has 3 N–H and O–H groups in total. The Labute approximate surface area is 194 Å². The van der Waals surface area contributed by atoms with Gasteiger partial charge in [-0.2, -0.15) is 0 Å². The number of benzene rings is 2. The number of aromatic nitrogens is 2. The van der Waals surface area contributed by atoms with Gasteiger partial charge in [-0.05, 0) is 68.4 Å². The summed E-state index contributed by atoms with van der Waals surface area (Å²) in [6.45, 7) is 3.75. The summed E-state index contributed by atoms with van der Waals surface area (Å²) in [5.74, 6) is 2.29. The van der Waals surface area contributed by atoms with E-state index in [9.17, 15) is 13.5 Å². The Morgan fingerprint density at radius 3 is 2.36 bits per heavy atom. The predicted octanol–water partition coefficient (Wildman–Crippen LogP) is 2.35. The second kappa shape index (κ2) is 11.7. The molecule has 1 unspecified atom stereocenters. The Kier molecular flexibility index (Phi) is 8.70. The Balaban J connectivity index is 1.27. The van der Waals surface area contributed by atoms with Gasteiger partial charge in [0.2, 0.25) is 10.0 Å². The molecule has 0 aliphatic rings. The van der Waals surface area contributed by atoms with Crippen molar-refractivity contribution in [1.82, 2.24) is 14.9 Å². The standard InChI is InChI=1S/C23H30N4O5S/c1-18-25-13-14-27(18)20-6-10-22(11-7-20)31-15-3-12-24-16-21(28)17-32-23-8-4-19(5-9-23)26-33(2,29)30/h4-11,13-14,21,24,26,28H,3,12,15-17H2,1-2H3. The monoisotopic (exact) mass is 474 g/mol. The van der Waals surface area contributed by atoms with Gasteiger partial charge in [0.05, 0.1) is 12.9 Å². The second-order valence-electron chi connectivity index (χ2n) is 7.61. The van der Waals surface area contributed by atoms with Crippen molar-refractivity contribution in [3.05, 3.63) is 66.7 Å². The summed E-state index contributed by atoms with van der Waals surface area (Å²) in [6.07, 6.45) is 4.91. The van der Waals surface area contributed by atoms with Crippen molar-refractivity contribution < 1.29 is 23.0 Å². The first-order valence-corrected chi connectivity index (χ1v) is 12.5. The van der Waals surface area contributed by atoms with Crippen molar-refractivity contribution in [1.29, 1.82) is 0 Å². The highest BCUT2D eigenvalue weighted by molar-refractivity contribution is 7.92. The molecule has 33 heavy (non-hydrogen) atoms. The third-order valence-corrected chi connectivity index (χ3v) is 5.29. The van der Waals surface area contributed by atoms with Crippen LogP contribution in [-0.4, -0.2) is 61.7 Å². The van der Waals surface area contributed by atoms with Crippen LogP contribution in [0.25, 0.3) is 5.69 Å². The van der Waals surface area contributed by atoms with Crippen LogP contribution < -0.4 is 19.5 Å². The number of nitrogens with zero attached hydrogens (tertiary/aromatic N) is 2. The summed E-state index contributed by atoms with van der Waals surface area (Å²) in [4.78, 5) is 4.22. The molecule has 0 saturated carbocycles. The van der Waals surface area contributed by atoms with Crippen molar-refractivity contribution in [2.75, 3.05) is 37.3 Å². The summed E-state index contributed by atoms with van der Waals surface area (Å²) in [6, 6.07) is 14.4. The molecule has 3 aromatic rings. The molecule has 9 nitrogen and oxygen atoms in total. The third kappa shape index (κ3) is 8.41. The van der Waals surface area contributed by atoms with Gasteiger partial charge in [-0.3, -0.25) is 4.72 Å². The molecule has 2 aromatic carbocycles. The highest BCUT2D eigenvalue weighted by Gasteiger charge is 2.06. The smallest absolute Gasteiger partial charge is 0.229 e. The number of aryl methyl sites for hydroxylation is 1. The zero-order valence-electron chi connectivity index (χ0n) is 18.8. The number of ether oxygens (including phenoxy) is 2. The van der Waals surface area contributed by atoms with E-state index in [0.29, 0.717) is 31.1 Å². The molecule has 3 rings (SSSR count). The molecule has 0 radical (unpaired) electrons. The van der Waals surface area contributed by atoms with Gasteiger partial charge in [0.1, 0.15) is 30.0 Å². The van der Waals surface area contributed by atoms with Crippen molar-refractivity contribution in [3.63, 3.8) is 0 Å². The fourth-order valence-electron chi connectivity index (χ4n) is 3.09. The van der Waals surface area contributed by atoms with Gasteiger partial charge in [0.25, 0.3) is 0 Å². The lowest BCUT2D eigenvalue weighted by atomic mass is 10.3. The topological polar surface area (TPSA) is 115 Å². The molecule has 0 bridgehead atoms. The maximum absolute atomic E-state index is 11.2. The molecule has 0 amide bonds. The van der Waals surface area contributed by atoms with Crippen LogP contribution in [0.5, 0.6) is 11.5 Å². The highest BCUT2D eigenvalue weighted by atomic mass is 32.2. The fourth-order valence-corrected chi connectivity index (χ4v) is 3.66. The first kappa shape index (κ1) is 24.6. The van der Waals surface area contributed by atoms with Crippen LogP contribution >= 0.6 is 0 Å². The number of nitrogens with one attached hydrogen (secondary N) is 2.